The number of nitrogen functional groups attached to an aromatic ring is 1. The van der Waals surface area contributed by atoms with Gasteiger partial charge in [-0.1, -0.05) is 24.7 Å². The molecule has 0 radical (unpaired) electrons. The van der Waals surface area contributed by atoms with Crippen LogP contribution in [0.3, 0.4) is 0 Å². The van der Waals surface area contributed by atoms with Gasteiger partial charge in [-0.3, -0.25) is 0 Å². The molecular formula is C10H18N2OS2. The van der Waals surface area contributed by atoms with Crippen molar-refractivity contribution in [3.05, 3.63) is 5.69 Å². The Hall–Kier alpha value is -0.260. The van der Waals surface area contributed by atoms with Crippen LogP contribution in [0.15, 0.2) is 4.21 Å². The van der Waals surface area contributed by atoms with Crippen LogP contribution in [-0.2, 0) is 4.74 Å². The second-order valence-corrected chi connectivity index (χ2v) is 5.63. The van der Waals surface area contributed by atoms with Crippen molar-refractivity contribution >= 4 is 28.2 Å². The van der Waals surface area contributed by atoms with Crippen LogP contribution < -0.4 is 5.73 Å². The zero-order valence-electron chi connectivity index (χ0n) is 9.28. The molecule has 0 spiro atoms. The number of ether oxygens (including phenoxy) is 1. The van der Waals surface area contributed by atoms with Crippen LogP contribution in [0.1, 0.15) is 25.5 Å². The highest BCUT2D eigenvalue weighted by atomic mass is 32.2. The van der Waals surface area contributed by atoms with E-state index in [4.69, 9.17) is 10.5 Å². The number of hydrogen-bond donors (Lipinski definition) is 1. The normalized spacial score (nSPS) is 10.8. The first kappa shape index (κ1) is 12.8. The molecule has 2 N–H and O–H groups in total. The van der Waals surface area contributed by atoms with Crippen LogP contribution in [0.4, 0.5) is 5.13 Å². The molecule has 1 aromatic rings. The summed E-state index contributed by atoms with van der Waals surface area (Å²) in [6.45, 7) is 5.84. The van der Waals surface area contributed by atoms with Crippen molar-refractivity contribution in [2.75, 3.05) is 24.7 Å². The summed E-state index contributed by atoms with van der Waals surface area (Å²) < 4.78 is 6.69. The fraction of sp³-hybridized carbons (Fsp3) is 0.700. The van der Waals surface area contributed by atoms with Crippen LogP contribution >= 0.6 is 23.1 Å². The lowest BCUT2D eigenvalue weighted by molar-refractivity contribution is 0.147. The summed E-state index contributed by atoms with van der Waals surface area (Å²) in [5.74, 6) is 0.978. The average Bonchev–Trinajstić information content (AvgIpc) is 2.51. The van der Waals surface area contributed by atoms with Gasteiger partial charge < -0.3 is 10.5 Å². The summed E-state index contributed by atoms with van der Waals surface area (Å²) in [6.07, 6.45) is 2.34. The molecule has 0 saturated heterocycles. The molecule has 0 saturated carbocycles. The molecule has 0 aliphatic heterocycles. The molecule has 0 aromatic carbocycles. The maximum absolute atomic E-state index is 5.61. The van der Waals surface area contributed by atoms with Crippen LogP contribution in [0.25, 0.3) is 0 Å². The number of nitrogens with zero attached hydrogens (tertiary/aromatic N) is 1. The number of unbranched alkanes of at least 4 members (excludes halogenated alkanes) is 1. The predicted molar refractivity (Wildman–Crippen MR) is 67.7 cm³/mol. The van der Waals surface area contributed by atoms with E-state index in [0.717, 1.165) is 31.1 Å². The highest BCUT2D eigenvalue weighted by molar-refractivity contribution is 8.01. The van der Waals surface area contributed by atoms with E-state index < -0.39 is 0 Å². The first-order valence-corrected chi connectivity index (χ1v) is 6.97. The lowest BCUT2D eigenvalue weighted by atomic mass is 10.4. The van der Waals surface area contributed by atoms with Gasteiger partial charge >= 0.3 is 0 Å². The Morgan fingerprint density at radius 2 is 2.27 bits per heavy atom. The molecule has 0 atom stereocenters. The highest BCUT2D eigenvalue weighted by Gasteiger charge is 2.04. The van der Waals surface area contributed by atoms with Gasteiger partial charge in [-0.05, 0) is 13.3 Å². The van der Waals surface area contributed by atoms with Gasteiger partial charge in [0.05, 0.1) is 16.5 Å². The Kier molecular flexibility index (Phi) is 6.05. The zero-order chi connectivity index (χ0) is 11.1. The van der Waals surface area contributed by atoms with Crippen molar-refractivity contribution in [2.45, 2.75) is 30.9 Å². The van der Waals surface area contributed by atoms with E-state index in [1.165, 1.54) is 10.6 Å². The van der Waals surface area contributed by atoms with E-state index in [1.54, 1.807) is 23.1 Å². The molecule has 0 aliphatic rings. The van der Waals surface area contributed by atoms with Gasteiger partial charge in [0.25, 0.3) is 0 Å². The Labute approximate surface area is 99.4 Å². The Morgan fingerprint density at radius 3 is 2.87 bits per heavy atom. The van der Waals surface area contributed by atoms with Crippen LogP contribution in [-0.4, -0.2) is 24.0 Å². The third-order valence-electron chi connectivity index (χ3n) is 1.87. The third-order valence-corrected chi connectivity index (χ3v) is 4.19. The van der Waals surface area contributed by atoms with E-state index >= 15 is 0 Å². The summed E-state index contributed by atoms with van der Waals surface area (Å²) in [7, 11) is 0. The summed E-state index contributed by atoms with van der Waals surface area (Å²) in [4.78, 5) is 4.17. The largest absolute Gasteiger partial charge is 0.381 e. The standard InChI is InChI=1S/C10H18N2OS2/c1-3-4-5-13-6-7-14-9-8(2)12-10(11)15-9/h3-7H2,1-2H3,(H2,11,12). The minimum Gasteiger partial charge on any atom is -0.381 e. The Morgan fingerprint density at radius 1 is 1.47 bits per heavy atom. The lowest BCUT2D eigenvalue weighted by Crippen LogP contribution is -1.98. The second-order valence-electron chi connectivity index (χ2n) is 3.24. The van der Waals surface area contributed by atoms with Crippen molar-refractivity contribution < 1.29 is 4.74 Å². The van der Waals surface area contributed by atoms with Gasteiger partial charge in [-0.15, -0.1) is 11.8 Å². The molecule has 0 bridgehead atoms. The van der Waals surface area contributed by atoms with Crippen LogP contribution in [0, 0.1) is 6.92 Å². The van der Waals surface area contributed by atoms with Gasteiger partial charge in [-0.2, -0.15) is 0 Å². The molecule has 1 heterocycles. The van der Waals surface area contributed by atoms with Crippen LogP contribution in [0.2, 0.25) is 0 Å². The molecule has 3 nitrogen and oxygen atoms in total. The van der Waals surface area contributed by atoms with Gasteiger partial charge in [0, 0.05) is 12.4 Å². The molecular weight excluding hydrogens is 228 g/mol. The van der Waals surface area contributed by atoms with Crippen molar-refractivity contribution in [1.29, 1.82) is 0 Å². The van der Waals surface area contributed by atoms with Gasteiger partial charge in [0.1, 0.15) is 0 Å². The molecule has 86 valence electrons. The number of aromatic nitrogens is 1. The van der Waals surface area contributed by atoms with E-state index in [1.807, 2.05) is 6.92 Å². The molecule has 5 heteroatoms. The molecule has 0 amide bonds. The fourth-order valence-electron chi connectivity index (χ4n) is 1.08. The Bertz CT molecular complexity index is 289. The zero-order valence-corrected chi connectivity index (χ0v) is 10.9. The molecule has 0 aliphatic carbocycles. The topological polar surface area (TPSA) is 48.1 Å². The van der Waals surface area contributed by atoms with E-state index in [0.29, 0.717) is 5.13 Å². The molecule has 0 unspecified atom stereocenters. The molecule has 1 aromatic heterocycles. The smallest absolute Gasteiger partial charge is 0.181 e. The van der Waals surface area contributed by atoms with Gasteiger partial charge in [0.2, 0.25) is 0 Å². The monoisotopic (exact) mass is 246 g/mol. The number of aryl methyl sites for hydroxylation is 1. The van der Waals surface area contributed by atoms with Crippen molar-refractivity contribution in [3.8, 4) is 0 Å². The summed E-state index contributed by atoms with van der Waals surface area (Å²) in [6, 6.07) is 0. The fourth-order valence-corrected chi connectivity index (χ4v) is 3.03. The first-order chi connectivity index (χ1) is 7.24. The lowest BCUT2D eigenvalue weighted by Gasteiger charge is -2.01. The number of thiazole rings is 1. The average molecular weight is 246 g/mol. The van der Waals surface area contributed by atoms with E-state index in [-0.39, 0.29) is 0 Å². The highest BCUT2D eigenvalue weighted by Crippen LogP contribution is 2.30. The molecule has 1 rings (SSSR count). The number of anilines is 1. The third kappa shape index (κ3) is 4.86. The first-order valence-electron chi connectivity index (χ1n) is 5.17. The summed E-state index contributed by atoms with van der Waals surface area (Å²) in [5, 5.41) is 0.655. The molecule has 15 heavy (non-hydrogen) atoms. The van der Waals surface area contributed by atoms with Crippen LogP contribution in [0.5, 0.6) is 0 Å². The number of nitrogens with two attached hydrogens (primary N) is 1. The van der Waals surface area contributed by atoms with E-state index in [9.17, 15) is 0 Å². The van der Waals surface area contributed by atoms with Gasteiger partial charge in [0.15, 0.2) is 5.13 Å². The van der Waals surface area contributed by atoms with Crippen molar-refractivity contribution in [1.82, 2.24) is 4.98 Å². The number of hydrogen-bond acceptors (Lipinski definition) is 5. The summed E-state index contributed by atoms with van der Waals surface area (Å²) in [5.41, 5.74) is 6.65. The number of thioether (sulfide) groups is 1. The summed E-state index contributed by atoms with van der Waals surface area (Å²) >= 11 is 3.33. The molecule has 0 fully saturated rings. The number of rotatable bonds is 7. The quantitative estimate of drug-likeness (QED) is 0.593. The minimum absolute atomic E-state index is 0.655. The maximum atomic E-state index is 5.61. The minimum atomic E-state index is 0.655. The second kappa shape index (κ2) is 7.09. The SMILES string of the molecule is CCCCOCCSc1sc(N)nc1C. The van der Waals surface area contributed by atoms with Crippen molar-refractivity contribution in [2.24, 2.45) is 0 Å². The van der Waals surface area contributed by atoms with Crippen molar-refractivity contribution in [3.63, 3.8) is 0 Å². The van der Waals surface area contributed by atoms with E-state index in [2.05, 4.69) is 11.9 Å². The maximum Gasteiger partial charge on any atom is 0.181 e. The predicted octanol–water partition coefficient (Wildman–Crippen LogP) is 2.94. The Balaban J connectivity index is 2.12. The van der Waals surface area contributed by atoms with Gasteiger partial charge in [-0.25, -0.2) is 4.98 Å².